The first kappa shape index (κ1) is 14.3. The summed E-state index contributed by atoms with van der Waals surface area (Å²) in [7, 11) is 0. The number of nitrogens with zero attached hydrogens (tertiary/aromatic N) is 1. The van der Waals surface area contributed by atoms with E-state index in [0.717, 1.165) is 12.5 Å². The SMILES string of the molecule is CCN(C(=O)CNCC1CC1)C1COCC1C(=O)O. The maximum atomic E-state index is 12.1. The van der Waals surface area contributed by atoms with Crippen LogP contribution in [0.2, 0.25) is 0 Å². The molecule has 0 aromatic rings. The Morgan fingerprint density at radius 1 is 1.37 bits per heavy atom. The molecule has 1 heterocycles. The van der Waals surface area contributed by atoms with Crippen LogP contribution in [0.4, 0.5) is 0 Å². The molecule has 0 bridgehead atoms. The summed E-state index contributed by atoms with van der Waals surface area (Å²) >= 11 is 0. The minimum atomic E-state index is -0.889. The normalized spacial score (nSPS) is 26.4. The smallest absolute Gasteiger partial charge is 0.311 e. The molecule has 19 heavy (non-hydrogen) atoms. The van der Waals surface area contributed by atoms with Gasteiger partial charge in [-0.15, -0.1) is 0 Å². The summed E-state index contributed by atoms with van der Waals surface area (Å²) in [6, 6.07) is -0.335. The average molecular weight is 270 g/mol. The van der Waals surface area contributed by atoms with Crippen LogP contribution in [0, 0.1) is 11.8 Å². The van der Waals surface area contributed by atoms with E-state index in [0.29, 0.717) is 13.2 Å². The second kappa shape index (κ2) is 6.34. The van der Waals surface area contributed by atoms with E-state index in [9.17, 15) is 9.59 Å². The number of likely N-dealkylation sites (N-methyl/N-ethyl adjacent to an activating group) is 1. The predicted octanol–water partition coefficient (Wildman–Crippen LogP) is -0.0659. The van der Waals surface area contributed by atoms with Crippen LogP contribution in [0.1, 0.15) is 19.8 Å². The van der Waals surface area contributed by atoms with Gasteiger partial charge >= 0.3 is 5.97 Å². The second-order valence-electron chi connectivity index (χ2n) is 5.30. The minimum absolute atomic E-state index is 0.0371. The number of hydrogen-bond donors (Lipinski definition) is 2. The molecular weight excluding hydrogens is 248 g/mol. The Morgan fingerprint density at radius 3 is 2.68 bits per heavy atom. The molecule has 6 nitrogen and oxygen atoms in total. The van der Waals surface area contributed by atoms with E-state index in [1.165, 1.54) is 12.8 Å². The van der Waals surface area contributed by atoms with Crippen molar-refractivity contribution in [3.05, 3.63) is 0 Å². The van der Waals surface area contributed by atoms with Crippen molar-refractivity contribution in [1.82, 2.24) is 10.2 Å². The van der Waals surface area contributed by atoms with Crippen molar-refractivity contribution in [2.45, 2.75) is 25.8 Å². The zero-order valence-electron chi connectivity index (χ0n) is 11.3. The highest BCUT2D eigenvalue weighted by atomic mass is 16.5. The van der Waals surface area contributed by atoms with Gasteiger partial charge < -0.3 is 20.1 Å². The number of rotatable bonds is 7. The summed E-state index contributed by atoms with van der Waals surface area (Å²) in [5, 5.41) is 12.3. The molecule has 2 aliphatic rings. The first-order valence-electron chi connectivity index (χ1n) is 6.94. The third-order valence-electron chi connectivity index (χ3n) is 3.84. The van der Waals surface area contributed by atoms with Crippen molar-refractivity contribution in [3.8, 4) is 0 Å². The average Bonchev–Trinajstić information content (AvgIpc) is 3.05. The quantitative estimate of drug-likeness (QED) is 0.677. The molecule has 1 aliphatic carbocycles. The van der Waals surface area contributed by atoms with E-state index in [-0.39, 0.29) is 25.1 Å². The lowest BCUT2D eigenvalue weighted by Crippen LogP contribution is -2.49. The Bertz CT molecular complexity index is 344. The molecule has 2 rings (SSSR count). The summed E-state index contributed by atoms with van der Waals surface area (Å²) in [6.45, 7) is 4.07. The van der Waals surface area contributed by atoms with Crippen LogP contribution in [0.5, 0.6) is 0 Å². The van der Waals surface area contributed by atoms with E-state index in [1.54, 1.807) is 4.90 Å². The van der Waals surface area contributed by atoms with Crippen molar-refractivity contribution >= 4 is 11.9 Å². The molecule has 1 saturated carbocycles. The molecule has 108 valence electrons. The number of aliphatic carboxylic acids is 1. The second-order valence-corrected chi connectivity index (χ2v) is 5.30. The molecule has 2 unspecified atom stereocenters. The van der Waals surface area contributed by atoms with Gasteiger partial charge in [-0.05, 0) is 32.2 Å². The van der Waals surface area contributed by atoms with Gasteiger partial charge in [0.15, 0.2) is 0 Å². The fourth-order valence-electron chi connectivity index (χ4n) is 2.49. The molecule has 0 aromatic carbocycles. The molecule has 2 N–H and O–H groups in total. The van der Waals surface area contributed by atoms with E-state index < -0.39 is 11.9 Å². The third kappa shape index (κ3) is 3.67. The van der Waals surface area contributed by atoms with Crippen LogP contribution < -0.4 is 5.32 Å². The lowest BCUT2D eigenvalue weighted by molar-refractivity contribution is -0.144. The third-order valence-corrected chi connectivity index (χ3v) is 3.84. The number of ether oxygens (including phenoxy) is 1. The van der Waals surface area contributed by atoms with E-state index >= 15 is 0 Å². The number of carbonyl (C=O) groups is 2. The van der Waals surface area contributed by atoms with Crippen molar-refractivity contribution in [2.75, 3.05) is 32.8 Å². The Kier molecular flexibility index (Phi) is 4.76. The number of carbonyl (C=O) groups excluding carboxylic acids is 1. The number of hydrogen-bond acceptors (Lipinski definition) is 4. The Balaban J connectivity index is 1.85. The van der Waals surface area contributed by atoms with Crippen LogP contribution in [0.15, 0.2) is 0 Å². The maximum Gasteiger partial charge on any atom is 0.311 e. The topological polar surface area (TPSA) is 78.9 Å². The zero-order chi connectivity index (χ0) is 13.8. The van der Waals surface area contributed by atoms with Crippen LogP contribution in [0.3, 0.4) is 0 Å². The first-order chi connectivity index (χ1) is 9.13. The van der Waals surface area contributed by atoms with Crippen LogP contribution in [-0.4, -0.2) is 60.8 Å². The van der Waals surface area contributed by atoms with Crippen LogP contribution in [-0.2, 0) is 14.3 Å². The highest BCUT2D eigenvalue weighted by molar-refractivity contribution is 5.80. The fourth-order valence-corrected chi connectivity index (χ4v) is 2.49. The van der Waals surface area contributed by atoms with Crippen molar-refractivity contribution in [1.29, 1.82) is 0 Å². The largest absolute Gasteiger partial charge is 0.481 e. The highest BCUT2D eigenvalue weighted by Gasteiger charge is 2.39. The Labute approximate surface area is 113 Å². The van der Waals surface area contributed by atoms with E-state index in [1.807, 2.05) is 6.92 Å². The minimum Gasteiger partial charge on any atom is -0.481 e. The van der Waals surface area contributed by atoms with Gasteiger partial charge in [-0.1, -0.05) is 0 Å². The molecule has 2 fully saturated rings. The molecular formula is C13H22N2O4. The fraction of sp³-hybridized carbons (Fsp3) is 0.846. The van der Waals surface area contributed by atoms with Gasteiger partial charge in [0.2, 0.25) is 5.91 Å². The standard InChI is InChI=1S/C13H22N2O4/c1-2-15(11-8-19-7-10(11)13(17)18)12(16)6-14-5-9-3-4-9/h9-11,14H,2-8H2,1H3,(H,17,18). The Morgan fingerprint density at radius 2 is 2.11 bits per heavy atom. The molecule has 1 aliphatic heterocycles. The lowest BCUT2D eigenvalue weighted by Gasteiger charge is -2.29. The number of carboxylic acid groups (broad SMARTS) is 1. The maximum absolute atomic E-state index is 12.1. The van der Waals surface area contributed by atoms with E-state index in [4.69, 9.17) is 9.84 Å². The summed E-state index contributed by atoms with van der Waals surface area (Å²) < 4.78 is 5.22. The molecule has 2 atom stereocenters. The van der Waals surface area contributed by atoms with Crippen LogP contribution in [0.25, 0.3) is 0 Å². The monoisotopic (exact) mass is 270 g/mol. The number of amides is 1. The summed E-state index contributed by atoms with van der Waals surface area (Å²) in [5.41, 5.74) is 0. The molecule has 1 amide bonds. The van der Waals surface area contributed by atoms with Gasteiger partial charge in [-0.3, -0.25) is 9.59 Å². The van der Waals surface area contributed by atoms with Crippen LogP contribution >= 0.6 is 0 Å². The molecule has 1 saturated heterocycles. The number of carboxylic acids is 1. The highest BCUT2D eigenvalue weighted by Crippen LogP contribution is 2.27. The first-order valence-corrected chi connectivity index (χ1v) is 6.94. The van der Waals surface area contributed by atoms with Gasteiger partial charge in [0.05, 0.1) is 25.8 Å². The molecule has 0 radical (unpaired) electrons. The van der Waals surface area contributed by atoms with Gasteiger partial charge in [0.25, 0.3) is 0 Å². The summed E-state index contributed by atoms with van der Waals surface area (Å²) in [4.78, 5) is 24.9. The van der Waals surface area contributed by atoms with Gasteiger partial charge in [0, 0.05) is 6.54 Å². The van der Waals surface area contributed by atoms with Gasteiger partial charge in [-0.25, -0.2) is 0 Å². The zero-order valence-corrected chi connectivity index (χ0v) is 11.3. The molecule has 6 heteroatoms. The van der Waals surface area contributed by atoms with Crippen molar-refractivity contribution in [3.63, 3.8) is 0 Å². The molecule has 0 spiro atoms. The summed E-state index contributed by atoms with van der Waals surface area (Å²) in [6.07, 6.45) is 2.49. The van der Waals surface area contributed by atoms with E-state index in [2.05, 4.69) is 5.32 Å². The van der Waals surface area contributed by atoms with Crippen molar-refractivity contribution < 1.29 is 19.4 Å². The predicted molar refractivity (Wildman–Crippen MR) is 68.7 cm³/mol. The van der Waals surface area contributed by atoms with Crippen molar-refractivity contribution in [2.24, 2.45) is 11.8 Å². The Hall–Kier alpha value is -1.14. The van der Waals surface area contributed by atoms with Gasteiger partial charge in [-0.2, -0.15) is 0 Å². The van der Waals surface area contributed by atoms with Gasteiger partial charge in [0.1, 0.15) is 5.92 Å². The number of nitrogens with one attached hydrogen (secondary N) is 1. The summed E-state index contributed by atoms with van der Waals surface area (Å²) in [5.74, 6) is -0.804. The lowest BCUT2D eigenvalue weighted by atomic mass is 10.0. The molecule has 0 aromatic heterocycles.